The number of hydrogen-bond acceptors (Lipinski definition) is 4. The summed E-state index contributed by atoms with van der Waals surface area (Å²) < 4.78 is 36.4. The smallest absolute Gasteiger partial charge is 0.351 e. The number of halogens is 4. The Bertz CT molecular complexity index is 599. The van der Waals surface area contributed by atoms with Crippen LogP contribution in [0.1, 0.15) is 12.8 Å². The largest absolute Gasteiger partial charge is 0.405 e. The Hall–Kier alpha value is -1.77. The highest BCUT2D eigenvalue weighted by Crippen LogP contribution is 2.40. The molecule has 23 heavy (non-hydrogen) atoms. The van der Waals surface area contributed by atoms with Gasteiger partial charge in [-0.15, -0.1) is 0 Å². The first-order valence-electron chi connectivity index (χ1n) is 7.20. The van der Waals surface area contributed by atoms with Crippen LogP contribution in [0.3, 0.4) is 0 Å². The summed E-state index contributed by atoms with van der Waals surface area (Å²) in [7, 11) is 0. The van der Waals surface area contributed by atoms with Gasteiger partial charge in [0.15, 0.2) is 0 Å². The van der Waals surface area contributed by atoms with Crippen molar-refractivity contribution in [2.45, 2.75) is 31.1 Å². The van der Waals surface area contributed by atoms with Crippen molar-refractivity contribution in [3.8, 4) is 0 Å². The molecule has 0 aromatic carbocycles. The Morgan fingerprint density at radius 1 is 1.43 bits per heavy atom. The predicted octanol–water partition coefficient (Wildman–Crippen LogP) is 1.96. The van der Waals surface area contributed by atoms with Gasteiger partial charge in [0.25, 0.3) is 0 Å². The average Bonchev–Trinajstić information content (AvgIpc) is 3.01. The Kier molecular flexibility index (Phi) is 4.22. The first-order chi connectivity index (χ1) is 10.8. The van der Waals surface area contributed by atoms with E-state index in [-0.39, 0.29) is 23.3 Å². The van der Waals surface area contributed by atoms with Gasteiger partial charge in [0, 0.05) is 12.7 Å². The number of hydrogen-bond donors (Lipinski definition) is 2. The van der Waals surface area contributed by atoms with E-state index >= 15 is 0 Å². The van der Waals surface area contributed by atoms with Crippen molar-refractivity contribution in [2.75, 3.05) is 18.0 Å². The van der Waals surface area contributed by atoms with E-state index in [1.165, 1.54) is 0 Å². The van der Waals surface area contributed by atoms with Crippen LogP contribution >= 0.6 is 11.6 Å². The van der Waals surface area contributed by atoms with Crippen LogP contribution in [0.5, 0.6) is 0 Å². The van der Waals surface area contributed by atoms with E-state index in [4.69, 9.17) is 11.6 Å². The molecule has 1 saturated carbocycles. The van der Waals surface area contributed by atoms with Crippen LogP contribution in [0.25, 0.3) is 0 Å². The zero-order chi connectivity index (χ0) is 16.6. The lowest BCUT2D eigenvalue weighted by molar-refractivity contribution is -0.122. The number of nitrogens with zero attached hydrogens (tertiary/aromatic N) is 3. The summed E-state index contributed by atoms with van der Waals surface area (Å²) in [5.41, 5.74) is 0. The maximum absolute atomic E-state index is 12.1. The van der Waals surface area contributed by atoms with Gasteiger partial charge < -0.3 is 15.5 Å². The van der Waals surface area contributed by atoms with E-state index in [2.05, 4.69) is 15.3 Å². The van der Waals surface area contributed by atoms with Crippen LogP contribution in [-0.4, -0.2) is 47.3 Å². The van der Waals surface area contributed by atoms with Gasteiger partial charge in [-0.25, -0.2) is 14.8 Å². The number of carbonyl (C=O) groups is 1. The predicted molar refractivity (Wildman–Crippen MR) is 77.3 cm³/mol. The van der Waals surface area contributed by atoms with E-state index < -0.39 is 18.8 Å². The molecule has 2 aliphatic rings. The molecule has 2 bridgehead atoms. The minimum Gasteiger partial charge on any atom is -0.351 e. The third kappa shape index (κ3) is 3.60. The van der Waals surface area contributed by atoms with Crippen molar-refractivity contribution in [2.24, 2.45) is 5.92 Å². The van der Waals surface area contributed by atoms with Gasteiger partial charge >= 0.3 is 12.2 Å². The SMILES string of the molecule is O=C(NCC(F)(F)F)N[C@@H]1C2CCC1N(c1ccnc(Cl)n1)C2. The minimum atomic E-state index is -4.42. The second-order valence-electron chi connectivity index (χ2n) is 5.71. The van der Waals surface area contributed by atoms with Crippen molar-refractivity contribution in [1.82, 2.24) is 20.6 Å². The molecule has 1 aliphatic heterocycles. The fourth-order valence-electron chi connectivity index (χ4n) is 3.35. The van der Waals surface area contributed by atoms with E-state index in [1.54, 1.807) is 12.3 Å². The topological polar surface area (TPSA) is 70.2 Å². The zero-order valence-corrected chi connectivity index (χ0v) is 12.7. The molecule has 1 aromatic rings. The third-order valence-electron chi connectivity index (χ3n) is 4.24. The van der Waals surface area contributed by atoms with Crippen molar-refractivity contribution in [3.63, 3.8) is 0 Å². The number of nitrogens with one attached hydrogen (secondary N) is 2. The minimum absolute atomic E-state index is 0.00241. The van der Waals surface area contributed by atoms with Crippen LogP contribution in [0, 0.1) is 5.92 Å². The Morgan fingerprint density at radius 3 is 2.91 bits per heavy atom. The van der Waals surface area contributed by atoms with Crippen molar-refractivity contribution < 1.29 is 18.0 Å². The van der Waals surface area contributed by atoms with E-state index in [1.807, 2.05) is 10.2 Å². The normalized spacial score (nSPS) is 26.4. The number of piperidine rings is 1. The van der Waals surface area contributed by atoms with Gasteiger partial charge in [0.05, 0.1) is 12.1 Å². The van der Waals surface area contributed by atoms with E-state index in [0.717, 1.165) is 12.8 Å². The summed E-state index contributed by atoms with van der Waals surface area (Å²) >= 11 is 5.79. The third-order valence-corrected chi connectivity index (χ3v) is 4.42. The Morgan fingerprint density at radius 2 is 2.22 bits per heavy atom. The first kappa shape index (κ1) is 16.1. The fourth-order valence-corrected chi connectivity index (χ4v) is 3.49. The maximum atomic E-state index is 12.1. The molecule has 2 unspecified atom stereocenters. The van der Waals surface area contributed by atoms with Crippen molar-refractivity contribution in [1.29, 1.82) is 0 Å². The lowest BCUT2D eigenvalue weighted by Gasteiger charge is -2.28. The summed E-state index contributed by atoms with van der Waals surface area (Å²) in [5.74, 6) is 0.852. The van der Waals surface area contributed by atoms with Crippen molar-refractivity contribution >= 4 is 23.4 Å². The highest BCUT2D eigenvalue weighted by molar-refractivity contribution is 6.28. The molecule has 10 heteroatoms. The average molecular weight is 350 g/mol. The summed E-state index contributed by atoms with van der Waals surface area (Å²) in [5, 5.41) is 4.64. The number of alkyl halides is 3. The molecule has 0 spiro atoms. The molecule has 0 radical (unpaired) electrons. The molecule has 3 atom stereocenters. The summed E-state index contributed by atoms with van der Waals surface area (Å²) in [4.78, 5) is 21.7. The number of fused-ring (bicyclic) bond motifs is 2. The van der Waals surface area contributed by atoms with Crippen LogP contribution in [0.2, 0.25) is 5.28 Å². The molecular formula is C13H15ClF3N5O. The van der Waals surface area contributed by atoms with Crippen molar-refractivity contribution in [3.05, 3.63) is 17.5 Å². The van der Waals surface area contributed by atoms with Gasteiger partial charge in [0.1, 0.15) is 12.4 Å². The van der Waals surface area contributed by atoms with E-state index in [9.17, 15) is 18.0 Å². The number of carbonyl (C=O) groups excluding carboxylic acids is 1. The van der Waals surface area contributed by atoms with Crippen LogP contribution in [0.4, 0.5) is 23.8 Å². The number of amides is 2. The number of aromatic nitrogens is 2. The maximum Gasteiger partial charge on any atom is 0.405 e. The molecule has 2 fully saturated rings. The molecule has 2 N–H and O–H groups in total. The summed E-state index contributed by atoms with van der Waals surface area (Å²) in [6.45, 7) is -0.658. The molecule has 2 heterocycles. The monoisotopic (exact) mass is 349 g/mol. The summed E-state index contributed by atoms with van der Waals surface area (Å²) in [6.07, 6.45) is -1.11. The standard InChI is InChI=1S/C13H15ClF3N5O/c14-11-18-4-3-9(20-11)22-5-7-1-2-8(22)10(7)21-12(23)19-6-13(15,16)17/h3-4,7-8,10H,1-2,5-6H2,(H2,19,21,23)/t7?,8?,10-/m1/s1. The highest BCUT2D eigenvalue weighted by Gasteiger charge is 2.48. The van der Waals surface area contributed by atoms with Gasteiger partial charge in [-0.05, 0) is 36.4 Å². The van der Waals surface area contributed by atoms with Gasteiger partial charge in [-0.3, -0.25) is 0 Å². The molecule has 1 saturated heterocycles. The van der Waals surface area contributed by atoms with Gasteiger partial charge in [-0.2, -0.15) is 13.2 Å². The molecular weight excluding hydrogens is 335 g/mol. The first-order valence-corrected chi connectivity index (χ1v) is 7.57. The number of rotatable bonds is 3. The lowest BCUT2D eigenvalue weighted by atomic mass is 10.1. The van der Waals surface area contributed by atoms with Gasteiger partial charge in [0.2, 0.25) is 5.28 Å². The fraction of sp³-hybridized carbons (Fsp3) is 0.615. The van der Waals surface area contributed by atoms with E-state index in [0.29, 0.717) is 12.4 Å². The van der Waals surface area contributed by atoms with Crippen LogP contribution in [0.15, 0.2) is 12.3 Å². The Balaban J connectivity index is 1.63. The van der Waals surface area contributed by atoms with Gasteiger partial charge in [-0.1, -0.05) is 0 Å². The molecule has 2 amide bonds. The molecule has 126 valence electrons. The molecule has 1 aromatic heterocycles. The summed E-state index contributed by atoms with van der Waals surface area (Å²) in [6, 6.07) is 0.735. The molecule has 6 nitrogen and oxygen atoms in total. The molecule has 3 rings (SSSR count). The second-order valence-corrected chi connectivity index (χ2v) is 6.05. The van der Waals surface area contributed by atoms with Crippen LogP contribution in [-0.2, 0) is 0 Å². The second kappa shape index (κ2) is 6.03. The highest BCUT2D eigenvalue weighted by atomic mass is 35.5. The quantitative estimate of drug-likeness (QED) is 0.818. The number of urea groups is 1. The molecule has 1 aliphatic carbocycles. The lowest BCUT2D eigenvalue weighted by Crippen LogP contribution is -2.49. The Labute approximate surface area is 135 Å². The van der Waals surface area contributed by atoms with Crippen LogP contribution < -0.4 is 15.5 Å². The zero-order valence-electron chi connectivity index (χ0n) is 12.0. The number of anilines is 1.